The van der Waals surface area contributed by atoms with Gasteiger partial charge < -0.3 is 20.1 Å². The summed E-state index contributed by atoms with van der Waals surface area (Å²) in [5, 5.41) is 13.1. The van der Waals surface area contributed by atoms with Gasteiger partial charge in [0.15, 0.2) is 0 Å². The maximum atomic E-state index is 13.6. The molecule has 0 spiro atoms. The lowest BCUT2D eigenvalue weighted by Crippen LogP contribution is -2.47. The largest absolute Gasteiger partial charge is 0.455 e. The maximum absolute atomic E-state index is 13.6. The van der Waals surface area contributed by atoms with E-state index in [0.717, 1.165) is 22.3 Å². The van der Waals surface area contributed by atoms with Gasteiger partial charge in [0.1, 0.15) is 6.10 Å². The van der Waals surface area contributed by atoms with Crippen LogP contribution in [0.3, 0.4) is 0 Å². The number of ether oxygens (including phenoxy) is 1. The number of aliphatic hydroxyl groups is 1. The summed E-state index contributed by atoms with van der Waals surface area (Å²) in [6, 6.07) is 27.0. The number of cyclic esters (lactones) is 1. The van der Waals surface area contributed by atoms with Crippen molar-refractivity contribution in [2.75, 3.05) is 13.2 Å². The zero-order chi connectivity index (χ0) is 30.0. The molecular weight excluding hydrogens is 540 g/mol. The molecule has 0 saturated carbocycles. The van der Waals surface area contributed by atoms with Crippen molar-refractivity contribution in [1.82, 2.24) is 10.2 Å². The third-order valence-electron chi connectivity index (χ3n) is 8.50. The van der Waals surface area contributed by atoms with Crippen LogP contribution in [0.25, 0.3) is 0 Å². The summed E-state index contributed by atoms with van der Waals surface area (Å²) in [7, 11) is 0. The molecule has 224 valence electrons. The molecule has 7 heteroatoms. The minimum atomic E-state index is -0.654. The van der Waals surface area contributed by atoms with Crippen LogP contribution in [0, 0.1) is 11.8 Å². The molecule has 2 aliphatic rings. The smallest absolute Gasteiger partial charge is 0.309 e. The first-order chi connectivity index (χ1) is 21.0. The summed E-state index contributed by atoms with van der Waals surface area (Å²) in [5.41, 5.74) is 4.08. The lowest BCUT2D eigenvalue weighted by molar-refractivity contribution is -0.155. The van der Waals surface area contributed by atoms with Crippen LogP contribution < -0.4 is 5.32 Å². The van der Waals surface area contributed by atoms with E-state index in [1.54, 1.807) is 4.90 Å². The summed E-state index contributed by atoms with van der Waals surface area (Å²) in [4.78, 5) is 42.3. The fourth-order valence-electron chi connectivity index (χ4n) is 6.00. The minimum Gasteiger partial charge on any atom is -0.455 e. The van der Waals surface area contributed by atoms with Gasteiger partial charge in [-0.1, -0.05) is 97.1 Å². The molecular formula is C36H40N2O5. The minimum absolute atomic E-state index is 0.0290. The molecule has 3 aromatic rings. The molecule has 4 atom stereocenters. The maximum Gasteiger partial charge on any atom is 0.309 e. The zero-order valence-corrected chi connectivity index (χ0v) is 24.4. The van der Waals surface area contributed by atoms with Crippen LogP contribution in [-0.2, 0) is 38.5 Å². The molecule has 0 fully saturated rings. The first-order valence-electron chi connectivity index (χ1n) is 15.2. The molecule has 5 rings (SSSR count). The number of hydrogen-bond donors (Lipinski definition) is 2. The second-order valence-electron chi connectivity index (χ2n) is 11.5. The summed E-state index contributed by atoms with van der Waals surface area (Å²) in [6.45, 7) is 0.391. The van der Waals surface area contributed by atoms with Crippen LogP contribution >= 0.6 is 0 Å². The van der Waals surface area contributed by atoms with E-state index in [4.69, 9.17) is 4.74 Å². The van der Waals surface area contributed by atoms with Crippen molar-refractivity contribution in [2.24, 2.45) is 11.8 Å². The van der Waals surface area contributed by atoms with Crippen LogP contribution in [0.2, 0.25) is 0 Å². The second kappa shape index (κ2) is 14.8. The van der Waals surface area contributed by atoms with Crippen molar-refractivity contribution in [3.05, 3.63) is 119 Å². The number of benzene rings is 3. The number of fused-ring (bicyclic) bond motifs is 1. The van der Waals surface area contributed by atoms with E-state index in [9.17, 15) is 19.5 Å². The van der Waals surface area contributed by atoms with Crippen molar-refractivity contribution >= 4 is 17.8 Å². The zero-order valence-electron chi connectivity index (χ0n) is 24.4. The molecule has 2 aliphatic heterocycles. The number of carbonyl (C=O) groups excluding carboxylic acids is 3. The van der Waals surface area contributed by atoms with E-state index >= 15 is 0 Å². The van der Waals surface area contributed by atoms with Gasteiger partial charge in [0.05, 0.1) is 31.0 Å². The number of hydrogen-bond acceptors (Lipinski definition) is 5. The van der Waals surface area contributed by atoms with E-state index in [1.807, 2.05) is 97.1 Å². The Labute approximate surface area is 253 Å². The molecule has 0 aliphatic carbocycles. The lowest BCUT2D eigenvalue weighted by Gasteiger charge is -2.36. The van der Waals surface area contributed by atoms with Gasteiger partial charge in [0.25, 0.3) is 0 Å². The summed E-state index contributed by atoms with van der Waals surface area (Å²) in [5.74, 6) is -1.61. The summed E-state index contributed by atoms with van der Waals surface area (Å²) in [6.07, 6.45) is 6.15. The monoisotopic (exact) mass is 580 g/mol. The lowest BCUT2D eigenvalue weighted by atomic mass is 9.92. The molecule has 0 radical (unpaired) electrons. The highest BCUT2D eigenvalue weighted by atomic mass is 16.5. The predicted octanol–water partition coefficient (Wildman–Crippen LogP) is 4.94. The Kier molecular flexibility index (Phi) is 10.4. The quantitative estimate of drug-likeness (QED) is 0.318. The first kappa shape index (κ1) is 30.2. The van der Waals surface area contributed by atoms with Crippen LogP contribution in [0.15, 0.2) is 97.1 Å². The van der Waals surface area contributed by atoms with Gasteiger partial charge >= 0.3 is 5.97 Å². The van der Waals surface area contributed by atoms with Crippen molar-refractivity contribution in [2.45, 2.75) is 57.2 Å². The van der Waals surface area contributed by atoms with Crippen molar-refractivity contribution < 1.29 is 24.2 Å². The van der Waals surface area contributed by atoms with E-state index in [2.05, 4.69) is 5.32 Å². The van der Waals surface area contributed by atoms with Crippen LogP contribution in [0.1, 0.15) is 54.0 Å². The van der Waals surface area contributed by atoms with Crippen molar-refractivity contribution in [3.63, 3.8) is 0 Å². The van der Waals surface area contributed by atoms with E-state index in [0.29, 0.717) is 38.6 Å². The highest BCUT2D eigenvalue weighted by molar-refractivity contribution is 5.86. The Morgan fingerprint density at radius 3 is 2.33 bits per heavy atom. The number of esters is 1. The van der Waals surface area contributed by atoms with Gasteiger partial charge in [-0.15, -0.1) is 0 Å². The number of allylic oxidation sites excluding steroid dienone is 2. The van der Waals surface area contributed by atoms with Gasteiger partial charge in [-0.3, -0.25) is 14.4 Å². The van der Waals surface area contributed by atoms with Gasteiger partial charge in [0.2, 0.25) is 11.8 Å². The van der Waals surface area contributed by atoms with E-state index in [1.165, 1.54) is 0 Å². The summed E-state index contributed by atoms with van der Waals surface area (Å²) < 4.78 is 6.08. The highest BCUT2D eigenvalue weighted by Crippen LogP contribution is 2.27. The number of nitrogens with one attached hydrogen (secondary N) is 1. The number of rotatable bonds is 6. The molecule has 2 amide bonds. The normalized spacial score (nSPS) is 23.9. The average molecular weight is 581 g/mol. The van der Waals surface area contributed by atoms with Crippen LogP contribution in [-0.4, -0.2) is 47.0 Å². The number of nitrogens with zero attached hydrogens (tertiary/aromatic N) is 1. The summed E-state index contributed by atoms with van der Waals surface area (Å²) >= 11 is 0. The predicted molar refractivity (Wildman–Crippen MR) is 165 cm³/mol. The van der Waals surface area contributed by atoms with Gasteiger partial charge in [-0.25, -0.2) is 0 Å². The van der Waals surface area contributed by atoms with E-state index in [-0.39, 0.29) is 49.3 Å². The number of carbonyl (C=O) groups is 3. The number of amides is 2. The second-order valence-corrected chi connectivity index (χ2v) is 11.5. The topological polar surface area (TPSA) is 95.9 Å². The Morgan fingerprint density at radius 2 is 1.58 bits per heavy atom. The Bertz CT molecular complexity index is 1410. The van der Waals surface area contributed by atoms with Gasteiger partial charge in [-0.2, -0.15) is 0 Å². The molecule has 0 aromatic heterocycles. The molecule has 0 saturated heterocycles. The van der Waals surface area contributed by atoms with Gasteiger partial charge in [-0.05, 0) is 54.4 Å². The first-order valence-corrected chi connectivity index (χ1v) is 15.2. The standard InChI is InChI=1S/C36H40N2O5/c39-25-32-21-28-16-10-11-19-31(28)24-38(32)34(40)22-29-17-8-3-9-18-30(20-26-12-4-1-5-13-26)36(42)43-33(23-37-35(29)41)27-14-6-2-7-15-27/h1-8,10-16,19,29-30,32-33,39H,9,17-18,20-25H2,(H,37,41)/b8-3-/t29-,30-,32+,33+/m1/s1. The van der Waals surface area contributed by atoms with Crippen molar-refractivity contribution in [1.29, 1.82) is 0 Å². The SMILES string of the molecule is O=C1NC[C@@H](c2ccccc2)OC(=O)[C@@H](Cc2ccccc2)CC/C=C\C[C@@H]1CC(=O)N1Cc2ccccc2C[C@H]1CO. The van der Waals surface area contributed by atoms with Gasteiger partial charge in [0, 0.05) is 13.0 Å². The fourth-order valence-corrected chi connectivity index (χ4v) is 6.00. The highest BCUT2D eigenvalue weighted by Gasteiger charge is 2.32. The molecule has 2 heterocycles. The number of aliphatic hydroxyl groups excluding tert-OH is 1. The van der Waals surface area contributed by atoms with Crippen molar-refractivity contribution in [3.8, 4) is 0 Å². The van der Waals surface area contributed by atoms with E-state index < -0.39 is 12.0 Å². The molecule has 0 unspecified atom stereocenters. The molecule has 3 aromatic carbocycles. The molecule has 0 bridgehead atoms. The fraction of sp³-hybridized carbons (Fsp3) is 0.361. The third kappa shape index (κ3) is 7.99. The Hall–Kier alpha value is -4.23. The van der Waals surface area contributed by atoms with Crippen LogP contribution in [0.4, 0.5) is 0 Å². The Balaban J connectivity index is 1.34. The molecule has 43 heavy (non-hydrogen) atoms. The average Bonchev–Trinajstić information content (AvgIpc) is 3.05. The Morgan fingerprint density at radius 1 is 0.884 bits per heavy atom. The molecule has 2 N–H and O–H groups in total. The van der Waals surface area contributed by atoms with Crippen LogP contribution in [0.5, 0.6) is 0 Å². The molecule has 7 nitrogen and oxygen atoms in total. The third-order valence-corrected chi connectivity index (χ3v) is 8.50.